The van der Waals surface area contributed by atoms with Crippen molar-refractivity contribution >= 4 is 10.9 Å². The number of rotatable bonds is 3. The SMILES string of the molecule is C=C(O)C(N)Cc1c[nH]c2ccccc12. The van der Waals surface area contributed by atoms with Crippen molar-refractivity contribution in [2.75, 3.05) is 0 Å². The molecule has 3 nitrogen and oxygen atoms in total. The zero-order valence-corrected chi connectivity index (χ0v) is 8.40. The first-order valence-corrected chi connectivity index (χ1v) is 4.87. The van der Waals surface area contributed by atoms with E-state index in [4.69, 9.17) is 10.8 Å². The number of hydrogen-bond acceptors (Lipinski definition) is 2. The van der Waals surface area contributed by atoms with Crippen molar-refractivity contribution in [3.63, 3.8) is 0 Å². The Morgan fingerprint density at radius 3 is 2.93 bits per heavy atom. The first kappa shape index (κ1) is 9.80. The Labute approximate surface area is 88.2 Å². The van der Waals surface area contributed by atoms with Gasteiger partial charge in [0.05, 0.1) is 6.04 Å². The monoisotopic (exact) mass is 202 g/mol. The Hall–Kier alpha value is -1.74. The largest absolute Gasteiger partial charge is 0.511 e. The average Bonchev–Trinajstić information content (AvgIpc) is 2.62. The van der Waals surface area contributed by atoms with Gasteiger partial charge in [0.2, 0.25) is 0 Å². The molecule has 2 aromatic rings. The summed E-state index contributed by atoms with van der Waals surface area (Å²) in [6.07, 6.45) is 2.52. The van der Waals surface area contributed by atoms with E-state index in [2.05, 4.69) is 11.6 Å². The molecule has 0 fully saturated rings. The van der Waals surface area contributed by atoms with Gasteiger partial charge in [0.1, 0.15) is 5.76 Å². The number of aliphatic hydroxyl groups is 1. The molecule has 1 atom stereocenters. The lowest BCUT2D eigenvalue weighted by molar-refractivity contribution is 0.369. The molecule has 3 heteroatoms. The van der Waals surface area contributed by atoms with Crippen molar-refractivity contribution in [3.8, 4) is 0 Å². The second-order valence-electron chi connectivity index (χ2n) is 3.66. The maximum atomic E-state index is 9.16. The molecule has 0 aliphatic heterocycles. The summed E-state index contributed by atoms with van der Waals surface area (Å²) < 4.78 is 0. The lowest BCUT2D eigenvalue weighted by atomic mass is 10.0. The molecular formula is C12H14N2O. The minimum Gasteiger partial charge on any atom is -0.511 e. The molecule has 2 rings (SSSR count). The Morgan fingerprint density at radius 1 is 1.47 bits per heavy atom. The van der Waals surface area contributed by atoms with Crippen LogP contribution in [0.5, 0.6) is 0 Å². The van der Waals surface area contributed by atoms with E-state index in [1.807, 2.05) is 30.5 Å². The van der Waals surface area contributed by atoms with Crippen molar-refractivity contribution in [1.29, 1.82) is 0 Å². The maximum Gasteiger partial charge on any atom is 0.102 e. The van der Waals surface area contributed by atoms with E-state index in [9.17, 15) is 0 Å². The lowest BCUT2D eigenvalue weighted by Crippen LogP contribution is -2.24. The van der Waals surface area contributed by atoms with Gasteiger partial charge in [0.25, 0.3) is 0 Å². The van der Waals surface area contributed by atoms with Gasteiger partial charge < -0.3 is 15.8 Å². The number of aliphatic hydroxyl groups excluding tert-OH is 1. The summed E-state index contributed by atoms with van der Waals surface area (Å²) in [5.41, 5.74) is 7.93. The molecule has 15 heavy (non-hydrogen) atoms. The third kappa shape index (κ3) is 1.87. The molecule has 1 unspecified atom stereocenters. The maximum absolute atomic E-state index is 9.16. The number of nitrogens with one attached hydrogen (secondary N) is 1. The molecule has 0 bridgehead atoms. The Kier molecular flexibility index (Phi) is 2.47. The van der Waals surface area contributed by atoms with Gasteiger partial charge >= 0.3 is 0 Å². The van der Waals surface area contributed by atoms with Crippen LogP contribution in [0.15, 0.2) is 42.8 Å². The molecule has 0 saturated carbocycles. The average molecular weight is 202 g/mol. The van der Waals surface area contributed by atoms with Crippen LogP contribution in [0.2, 0.25) is 0 Å². The highest BCUT2D eigenvalue weighted by molar-refractivity contribution is 5.83. The van der Waals surface area contributed by atoms with E-state index in [0.29, 0.717) is 6.42 Å². The molecule has 78 valence electrons. The normalized spacial score (nSPS) is 12.9. The zero-order valence-electron chi connectivity index (χ0n) is 8.40. The first-order valence-electron chi connectivity index (χ1n) is 4.87. The van der Waals surface area contributed by atoms with E-state index in [0.717, 1.165) is 16.5 Å². The van der Waals surface area contributed by atoms with Gasteiger partial charge in [-0.3, -0.25) is 0 Å². The molecule has 0 aliphatic rings. The van der Waals surface area contributed by atoms with Crippen LogP contribution in [-0.2, 0) is 6.42 Å². The van der Waals surface area contributed by atoms with Crippen molar-refractivity contribution in [2.24, 2.45) is 5.73 Å². The fourth-order valence-electron chi connectivity index (χ4n) is 1.66. The highest BCUT2D eigenvalue weighted by Crippen LogP contribution is 2.19. The Bertz CT molecular complexity index is 487. The summed E-state index contributed by atoms with van der Waals surface area (Å²) in [4.78, 5) is 3.17. The third-order valence-corrected chi connectivity index (χ3v) is 2.54. The van der Waals surface area contributed by atoms with E-state index >= 15 is 0 Å². The fourth-order valence-corrected chi connectivity index (χ4v) is 1.66. The van der Waals surface area contributed by atoms with Crippen LogP contribution < -0.4 is 5.73 Å². The van der Waals surface area contributed by atoms with Crippen LogP contribution in [0.4, 0.5) is 0 Å². The van der Waals surface area contributed by atoms with E-state index in [1.54, 1.807) is 0 Å². The number of nitrogens with two attached hydrogens (primary N) is 1. The van der Waals surface area contributed by atoms with Gasteiger partial charge in [-0.25, -0.2) is 0 Å². The number of benzene rings is 1. The van der Waals surface area contributed by atoms with E-state index < -0.39 is 6.04 Å². The van der Waals surface area contributed by atoms with Gasteiger partial charge in [0, 0.05) is 17.1 Å². The predicted molar refractivity (Wildman–Crippen MR) is 61.7 cm³/mol. The lowest BCUT2D eigenvalue weighted by Gasteiger charge is -2.08. The topological polar surface area (TPSA) is 62.0 Å². The molecule has 0 saturated heterocycles. The number of fused-ring (bicyclic) bond motifs is 1. The zero-order chi connectivity index (χ0) is 10.8. The molecule has 0 aliphatic carbocycles. The molecular weight excluding hydrogens is 188 g/mol. The molecule has 1 aromatic carbocycles. The predicted octanol–water partition coefficient (Wildman–Crippen LogP) is 2.11. The van der Waals surface area contributed by atoms with Crippen LogP contribution in [-0.4, -0.2) is 16.1 Å². The van der Waals surface area contributed by atoms with Gasteiger partial charge in [-0.1, -0.05) is 24.8 Å². The minimum absolute atomic E-state index is 0.0280. The standard InChI is InChI=1S/C12H14N2O/c1-8(15)11(13)6-9-7-14-12-5-3-2-4-10(9)12/h2-5,7,11,14-15H,1,6,13H2. The summed E-state index contributed by atoms with van der Waals surface area (Å²) in [7, 11) is 0. The second kappa shape index (κ2) is 3.79. The Balaban J connectivity index is 2.32. The molecule has 0 spiro atoms. The third-order valence-electron chi connectivity index (χ3n) is 2.54. The highest BCUT2D eigenvalue weighted by Gasteiger charge is 2.10. The first-order chi connectivity index (χ1) is 7.18. The van der Waals surface area contributed by atoms with Crippen molar-refractivity contribution in [3.05, 3.63) is 48.4 Å². The van der Waals surface area contributed by atoms with Gasteiger partial charge in [-0.15, -0.1) is 0 Å². The second-order valence-corrected chi connectivity index (χ2v) is 3.66. The molecule has 1 aromatic heterocycles. The summed E-state index contributed by atoms with van der Waals surface area (Å²) in [5.74, 6) is 0.0280. The van der Waals surface area contributed by atoms with Crippen LogP contribution in [0.25, 0.3) is 10.9 Å². The number of H-pyrrole nitrogens is 1. The number of aromatic amines is 1. The smallest absolute Gasteiger partial charge is 0.102 e. The molecule has 0 amide bonds. The van der Waals surface area contributed by atoms with Crippen molar-refractivity contribution in [1.82, 2.24) is 4.98 Å². The summed E-state index contributed by atoms with van der Waals surface area (Å²) >= 11 is 0. The van der Waals surface area contributed by atoms with Crippen molar-refractivity contribution < 1.29 is 5.11 Å². The fraction of sp³-hybridized carbons (Fsp3) is 0.167. The van der Waals surface area contributed by atoms with Crippen molar-refractivity contribution in [2.45, 2.75) is 12.5 Å². The van der Waals surface area contributed by atoms with Crippen LogP contribution >= 0.6 is 0 Å². The highest BCUT2D eigenvalue weighted by atomic mass is 16.3. The van der Waals surface area contributed by atoms with Gasteiger partial charge in [-0.05, 0) is 18.1 Å². The summed E-state index contributed by atoms with van der Waals surface area (Å²) in [5, 5.41) is 10.3. The Morgan fingerprint density at radius 2 is 2.20 bits per heavy atom. The van der Waals surface area contributed by atoms with Crippen LogP contribution in [0.3, 0.4) is 0 Å². The van der Waals surface area contributed by atoms with Crippen LogP contribution in [0, 0.1) is 0 Å². The number of hydrogen-bond donors (Lipinski definition) is 3. The molecule has 0 radical (unpaired) electrons. The number of para-hydroxylation sites is 1. The minimum atomic E-state index is -0.399. The molecule has 1 heterocycles. The van der Waals surface area contributed by atoms with E-state index in [-0.39, 0.29) is 5.76 Å². The van der Waals surface area contributed by atoms with Gasteiger partial charge in [0.15, 0.2) is 0 Å². The van der Waals surface area contributed by atoms with Crippen LogP contribution in [0.1, 0.15) is 5.56 Å². The molecule has 4 N–H and O–H groups in total. The summed E-state index contributed by atoms with van der Waals surface area (Å²) in [6, 6.07) is 7.61. The van der Waals surface area contributed by atoms with E-state index in [1.165, 1.54) is 0 Å². The van der Waals surface area contributed by atoms with Gasteiger partial charge in [-0.2, -0.15) is 0 Å². The quantitative estimate of drug-likeness (QED) is 0.667. The number of aromatic nitrogens is 1. The summed E-state index contributed by atoms with van der Waals surface area (Å²) in [6.45, 7) is 3.44.